The second-order valence-corrected chi connectivity index (χ2v) is 6.20. The zero-order valence-corrected chi connectivity index (χ0v) is 15.2. The standard InChI is InChI=1S/C20H21NO6/c1-4-12(18(22)23)9-13-7-5-6-8-14(13)17-15(19(24)25)10(2)21-11(3)16(17)20(26)27/h5-9,17,21H,4H2,1-3H3,(H,22,23)(H,24,25)(H,26,27). The summed E-state index contributed by atoms with van der Waals surface area (Å²) in [4.78, 5) is 35.2. The molecule has 4 N–H and O–H groups in total. The minimum Gasteiger partial charge on any atom is -0.478 e. The van der Waals surface area contributed by atoms with Crippen molar-refractivity contribution in [1.29, 1.82) is 0 Å². The SMILES string of the molecule is CCC(=Cc1ccccc1C1C(C(=O)O)=C(C)NC(C)=C1C(=O)O)C(=O)O. The predicted molar refractivity (Wildman–Crippen MR) is 98.9 cm³/mol. The second kappa shape index (κ2) is 7.90. The van der Waals surface area contributed by atoms with Gasteiger partial charge in [-0.2, -0.15) is 0 Å². The minimum atomic E-state index is -1.23. The Morgan fingerprint density at radius 1 is 1.00 bits per heavy atom. The molecular formula is C20H21NO6. The summed E-state index contributed by atoms with van der Waals surface area (Å²) in [5.74, 6) is -4.57. The number of benzene rings is 1. The van der Waals surface area contributed by atoms with E-state index in [4.69, 9.17) is 0 Å². The van der Waals surface area contributed by atoms with E-state index >= 15 is 0 Å². The number of hydrogen-bond acceptors (Lipinski definition) is 4. The van der Waals surface area contributed by atoms with Crippen LogP contribution in [-0.4, -0.2) is 33.2 Å². The molecule has 142 valence electrons. The summed E-state index contributed by atoms with van der Waals surface area (Å²) in [6.45, 7) is 4.85. The van der Waals surface area contributed by atoms with Crippen LogP contribution in [0.3, 0.4) is 0 Å². The fourth-order valence-corrected chi connectivity index (χ4v) is 3.28. The summed E-state index contributed by atoms with van der Waals surface area (Å²) in [7, 11) is 0. The average molecular weight is 371 g/mol. The van der Waals surface area contributed by atoms with Crippen molar-refractivity contribution >= 4 is 24.0 Å². The Balaban J connectivity index is 2.80. The third-order valence-corrected chi connectivity index (χ3v) is 4.51. The first-order valence-electron chi connectivity index (χ1n) is 8.36. The average Bonchev–Trinajstić information content (AvgIpc) is 2.58. The van der Waals surface area contributed by atoms with Gasteiger partial charge in [0.15, 0.2) is 0 Å². The van der Waals surface area contributed by atoms with Crippen LogP contribution in [0.2, 0.25) is 0 Å². The monoisotopic (exact) mass is 371 g/mol. The quantitative estimate of drug-likeness (QED) is 0.567. The fourth-order valence-electron chi connectivity index (χ4n) is 3.28. The number of nitrogens with one attached hydrogen (secondary N) is 1. The maximum Gasteiger partial charge on any atom is 0.334 e. The van der Waals surface area contributed by atoms with Gasteiger partial charge in [-0.05, 0) is 37.5 Å². The van der Waals surface area contributed by atoms with E-state index in [-0.39, 0.29) is 23.1 Å². The van der Waals surface area contributed by atoms with E-state index in [0.717, 1.165) is 0 Å². The van der Waals surface area contributed by atoms with Crippen molar-refractivity contribution in [3.63, 3.8) is 0 Å². The van der Waals surface area contributed by atoms with Gasteiger partial charge in [-0.1, -0.05) is 31.2 Å². The van der Waals surface area contributed by atoms with Crippen LogP contribution >= 0.6 is 0 Å². The van der Waals surface area contributed by atoms with Crippen molar-refractivity contribution < 1.29 is 29.7 Å². The molecule has 1 aromatic rings. The molecule has 0 bridgehead atoms. The number of rotatable bonds is 6. The molecule has 0 radical (unpaired) electrons. The molecule has 7 heteroatoms. The van der Waals surface area contributed by atoms with Crippen LogP contribution in [0.1, 0.15) is 44.2 Å². The molecule has 27 heavy (non-hydrogen) atoms. The predicted octanol–water partition coefficient (Wildman–Crippen LogP) is 2.97. The molecule has 0 unspecified atom stereocenters. The summed E-state index contributed by atoms with van der Waals surface area (Å²) >= 11 is 0. The van der Waals surface area contributed by atoms with Crippen molar-refractivity contribution in [2.75, 3.05) is 0 Å². The summed E-state index contributed by atoms with van der Waals surface area (Å²) < 4.78 is 0. The Morgan fingerprint density at radius 2 is 1.52 bits per heavy atom. The smallest absolute Gasteiger partial charge is 0.334 e. The number of aliphatic carboxylic acids is 3. The van der Waals surface area contributed by atoms with E-state index in [1.165, 1.54) is 6.08 Å². The summed E-state index contributed by atoms with van der Waals surface area (Å²) in [6, 6.07) is 6.65. The molecular weight excluding hydrogens is 350 g/mol. The molecule has 7 nitrogen and oxygen atoms in total. The highest BCUT2D eigenvalue weighted by Gasteiger charge is 2.37. The van der Waals surface area contributed by atoms with Crippen molar-refractivity contribution in [3.05, 3.63) is 63.5 Å². The topological polar surface area (TPSA) is 124 Å². The number of dihydropyridines is 1. The number of allylic oxidation sites excluding steroid dienone is 2. The molecule has 0 aromatic heterocycles. The van der Waals surface area contributed by atoms with E-state index in [0.29, 0.717) is 22.5 Å². The van der Waals surface area contributed by atoms with Gasteiger partial charge in [-0.25, -0.2) is 14.4 Å². The molecule has 2 rings (SSSR count). The van der Waals surface area contributed by atoms with Gasteiger partial charge in [0.05, 0.1) is 17.1 Å². The number of hydrogen-bond donors (Lipinski definition) is 4. The van der Waals surface area contributed by atoms with Crippen LogP contribution in [0, 0.1) is 0 Å². The molecule has 1 heterocycles. The van der Waals surface area contributed by atoms with Gasteiger partial charge in [0.2, 0.25) is 0 Å². The molecule has 0 saturated heterocycles. The van der Waals surface area contributed by atoms with Crippen molar-refractivity contribution in [3.8, 4) is 0 Å². The zero-order valence-electron chi connectivity index (χ0n) is 15.2. The molecule has 0 aliphatic carbocycles. The first-order valence-corrected chi connectivity index (χ1v) is 8.36. The molecule has 0 saturated carbocycles. The van der Waals surface area contributed by atoms with Gasteiger partial charge in [0.25, 0.3) is 0 Å². The summed E-state index contributed by atoms with van der Waals surface area (Å²) in [5.41, 5.74) is 1.60. The lowest BCUT2D eigenvalue weighted by atomic mass is 9.78. The second-order valence-electron chi connectivity index (χ2n) is 6.20. The first-order chi connectivity index (χ1) is 12.7. The van der Waals surface area contributed by atoms with Gasteiger partial charge in [0, 0.05) is 17.0 Å². The summed E-state index contributed by atoms with van der Waals surface area (Å²) in [5, 5.41) is 31.6. The van der Waals surface area contributed by atoms with Gasteiger partial charge < -0.3 is 20.6 Å². The fraction of sp³-hybridized carbons (Fsp3) is 0.250. The van der Waals surface area contributed by atoms with Gasteiger partial charge >= 0.3 is 17.9 Å². The number of carbonyl (C=O) groups is 3. The van der Waals surface area contributed by atoms with Crippen LogP contribution in [0.15, 0.2) is 52.4 Å². The summed E-state index contributed by atoms with van der Waals surface area (Å²) in [6.07, 6.45) is 1.74. The lowest BCUT2D eigenvalue weighted by molar-refractivity contribution is -0.134. The van der Waals surface area contributed by atoms with Crippen molar-refractivity contribution in [1.82, 2.24) is 5.32 Å². The Hall–Kier alpha value is -3.35. The van der Waals surface area contributed by atoms with E-state index < -0.39 is 23.8 Å². The molecule has 0 amide bonds. The molecule has 1 aromatic carbocycles. The third-order valence-electron chi connectivity index (χ3n) is 4.51. The highest BCUT2D eigenvalue weighted by molar-refractivity contribution is 5.99. The van der Waals surface area contributed by atoms with E-state index in [9.17, 15) is 29.7 Å². The number of carboxylic acids is 3. The van der Waals surface area contributed by atoms with Crippen molar-refractivity contribution in [2.45, 2.75) is 33.1 Å². The van der Waals surface area contributed by atoms with Crippen LogP contribution in [0.5, 0.6) is 0 Å². The highest BCUT2D eigenvalue weighted by Crippen LogP contribution is 2.40. The van der Waals surface area contributed by atoms with Gasteiger partial charge in [0.1, 0.15) is 0 Å². The van der Waals surface area contributed by atoms with Crippen molar-refractivity contribution in [2.24, 2.45) is 0 Å². The third kappa shape index (κ3) is 3.92. The first kappa shape index (κ1) is 20.0. The largest absolute Gasteiger partial charge is 0.478 e. The maximum atomic E-state index is 11.9. The Labute approximate surface area is 156 Å². The highest BCUT2D eigenvalue weighted by atomic mass is 16.4. The minimum absolute atomic E-state index is 0.0766. The lowest BCUT2D eigenvalue weighted by Gasteiger charge is -2.29. The van der Waals surface area contributed by atoms with Gasteiger partial charge in [-0.3, -0.25) is 0 Å². The molecule has 0 atom stereocenters. The van der Waals surface area contributed by atoms with E-state index in [1.807, 2.05) is 0 Å². The van der Waals surface area contributed by atoms with Crippen LogP contribution in [0.25, 0.3) is 6.08 Å². The van der Waals surface area contributed by atoms with Crippen LogP contribution < -0.4 is 5.32 Å². The zero-order chi connectivity index (χ0) is 20.3. The molecule has 1 aliphatic heterocycles. The van der Waals surface area contributed by atoms with Crippen LogP contribution in [-0.2, 0) is 14.4 Å². The Bertz CT molecular complexity index is 871. The maximum absolute atomic E-state index is 11.9. The Kier molecular flexibility index (Phi) is 5.85. The molecule has 0 spiro atoms. The van der Waals surface area contributed by atoms with E-state index in [2.05, 4.69) is 5.32 Å². The molecule has 0 fully saturated rings. The van der Waals surface area contributed by atoms with E-state index in [1.54, 1.807) is 45.0 Å². The lowest BCUT2D eigenvalue weighted by Crippen LogP contribution is -2.31. The molecule has 1 aliphatic rings. The van der Waals surface area contributed by atoms with Gasteiger partial charge in [-0.15, -0.1) is 0 Å². The number of carboxylic acid groups (broad SMARTS) is 3. The normalized spacial score (nSPS) is 15.6. The van der Waals surface area contributed by atoms with Crippen LogP contribution in [0.4, 0.5) is 0 Å². The Morgan fingerprint density at radius 3 is 1.96 bits per heavy atom.